The Morgan fingerprint density at radius 2 is 1.63 bits per heavy atom. The summed E-state index contributed by atoms with van der Waals surface area (Å²) >= 11 is 0. The summed E-state index contributed by atoms with van der Waals surface area (Å²) in [6.45, 7) is 1.44. The summed E-state index contributed by atoms with van der Waals surface area (Å²) in [7, 11) is 0. The Hall–Kier alpha value is -4.07. The maximum atomic E-state index is 12.8. The first-order valence-electron chi connectivity index (χ1n) is 11.8. The third kappa shape index (κ3) is 5.21. The molecule has 1 unspecified atom stereocenters. The van der Waals surface area contributed by atoms with Gasteiger partial charge in [-0.15, -0.1) is 0 Å². The van der Waals surface area contributed by atoms with Crippen LogP contribution >= 0.6 is 0 Å². The average molecular weight is 474 g/mol. The quantitative estimate of drug-likeness (QED) is 0.587. The lowest BCUT2D eigenvalue weighted by molar-refractivity contribution is -0.126. The maximum absolute atomic E-state index is 12.8. The van der Waals surface area contributed by atoms with E-state index in [1.807, 2.05) is 54.6 Å². The van der Waals surface area contributed by atoms with Crippen LogP contribution in [0.4, 0.5) is 5.69 Å². The highest BCUT2D eigenvalue weighted by molar-refractivity contribution is 5.97. The van der Waals surface area contributed by atoms with Crippen molar-refractivity contribution in [3.05, 3.63) is 78.8 Å². The molecular weight excluding hydrogens is 446 g/mol. The molecule has 3 heterocycles. The summed E-state index contributed by atoms with van der Waals surface area (Å²) in [5.74, 6) is 1.36. The van der Waals surface area contributed by atoms with E-state index in [4.69, 9.17) is 9.15 Å². The predicted octanol–water partition coefficient (Wildman–Crippen LogP) is 3.85. The molecule has 5 rings (SSSR count). The van der Waals surface area contributed by atoms with E-state index >= 15 is 0 Å². The van der Waals surface area contributed by atoms with E-state index in [0.717, 1.165) is 11.4 Å². The van der Waals surface area contributed by atoms with Crippen molar-refractivity contribution in [2.45, 2.75) is 25.3 Å². The topological polar surface area (TPSA) is 92.1 Å². The van der Waals surface area contributed by atoms with Gasteiger partial charge in [-0.25, -0.2) is 0 Å². The lowest BCUT2D eigenvalue weighted by Gasteiger charge is -2.31. The normalized spacial score (nSPS) is 18.5. The van der Waals surface area contributed by atoms with Crippen molar-refractivity contribution in [3.8, 4) is 11.5 Å². The van der Waals surface area contributed by atoms with Crippen molar-refractivity contribution in [3.63, 3.8) is 0 Å². The Morgan fingerprint density at radius 3 is 2.31 bits per heavy atom. The number of carbonyl (C=O) groups excluding carboxylic acids is 3. The highest BCUT2D eigenvalue weighted by Gasteiger charge is 2.34. The number of carbonyl (C=O) groups is 3. The zero-order chi connectivity index (χ0) is 24.2. The van der Waals surface area contributed by atoms with Gasteiger partial charge in [-0.1, -0.05) is 18.2 Å². The van der Waals surface area contributed by atoms with E-state index in [1.54, 1.807) is 21.9 Å². The van der Waals surface area contributed by atoms with E-state index in [1.165, 1.54) is 6.26 Å². The van der Waals surface area contributed by atoms with Crippen molar-refractivity contribution in [2.24, 2.45) is 5.92 Å². The first-order valence-corrected chi connectivity index (χ1v) is 11.8. The summed E-state index contributed by atoms with van der Waals surface area (Å²) < 4.78 is 11.0. The number of piperidine rings is 1. The average Bonchev–Trinajstić information content (AvgIpc) is 3.55. The van der Waals surface area contributed by atoms with Crippen molar-refractivity contribution in [1.29, 1.82) is 0 Å². The van der Waals surface area contributed by atoms with Gasteiger partial charge in [0.1, 0.15) is 11.5 Å². The van der Waals surface area contributed by atoms with E-state index in [0.29, 0.717) is 44.0 Å². The minimum absolute atomic E-state index is 0.0223. The van der Waals surface area contributed by atoms with Gasteiger partial charge in [0, 0.05) is 37.7 Å². The molecule has 0 saturated carbocycles. The Balaban J connectivity index is 1.12. The number of likely N-dealkylation sites (tertiary alicyclic amines) is 1. The van der Waals surface area contributed by atoms with Crippen LogP contribution in [0.2, 0.25) is 0 Å². The largest absolute Gasteiger partial charge is 0.459 e. The number of ether oxygens (including phenoxy) is 1. The molecule has 1 aromatic heterocycles. The fraction of sp³-hybridized carbons (Fsp3) is 0.296. The second-order valence-electron chi connectivity index (χ2n) is 8.87. The minimum Gasteiger partial charge on any atom is -0.459 e. The summed E-state index contributed by atoms with van der Waals surface area (Å²) in [5.41, 5.74) is 0.775. The molecule has 8 heteroatoms. The van der Waals surface area contributed by atoms with Crippen LogP contribution in [-0.2, 0) is 9.59 Å². The first kappa shape index (κ1) is 22.7. The number of para-hydroxylation sites is 1. The number of benzene rings is 2. The standard InChI is InChI=1S/C27H27N3O5/c31-25-17-20(18-30(25)21-8-10-23(11-9-21)35-22-5-2-1-3-6-22)28-26(32)19-12-14-29(15-13-19)27(33)24-7-4-16-34-24/h1-11,16,19-20H,12-15,17-18H2,(H,28,32). The molecule has 2 aliphatic heterocycles. The Bertz CT molecular complexity index is 1170. The molecule has 3 aromatic rings. The van der Waals surface area contributed by atoms with Gasteiger partial charge in [-0.2, -0.15) is 0 Å². The summed E-state index contributed by atoms with van der Waals surface area (Å²) in [5, 5.41) is 3.05. The molecule has 2 aromatic carbocycles. The smallest absolute Gasteiger partial charge is 0.289 e. The lowest BCUT2D eigenvalue weighted by atomic mass is 9.95. The van der Waals surface area contributed by atoms with Crippen LogP contribution in [0.3, 0.4) is 0 Å². The molecule has 0 aliphatic carbocycles. The zero-order valence-corrected chi connectivity index (χ0v) is 19.3. The van der Waals surface area contributed by atoms with Gasteiger partial charge in [0.05, 0.1) is 12.3 Å². The molecule has 0 bridgehead atoms. The van der Waals surface area contributed by atoms with E-state index in [9.17, 15) is 14.4 Å². The van der Waals surface area contributed by atoms with Gasteiger partial charge in [-0.3, -0.25) is 14.4 Å². The highest BCUT2D eigenvalue weighted by Crippen LogP contribution is 2.27. The molecule has 3 amide bonds. The second-order valence-corrected chi connectivity index (χ2v) is 8.87. The molecule has 35 heavy (non-hydrogen) atoms. The van der Waals surface area contributed by atoms with E-state index in [2.05, 4.69) is 5.32 Å². The highest BCUT2D eigenvalue weighted by atomic mass is 16.5. The summed E-state index contributed by atoms with van der Waals surface area (Å²) in [4.78, 5) is 41.3. The van der Waals surface area contributed by atoms with E-state index < -0.39 is 0 Å². The van der Waals surface area contributed by atoms with Crippen LogP contribution in [0.15, 0.2) is 77.4 Å². The number of amides is 3. The van der Waals surface area contributed by atoms with Crippen LogP contribution in [0, 0.1) is 5.92 Å². The number of nitrogens with one attached hydrogen (secondary N) is 1. The number of nitrogens with zero attached hydrogens (tertiary/aromatic N) is 2. The molecule has 1 N–H and O–H groups in total. The number of furan rings is 1. The maximum Gasteiger partial charge on any atom is 0.289 e. The molecule has 1 atom stereocenters. The molecule has 2 saturated heterocycles. The van der Waals surface area contributed by atoms with Gasteiger partial charge in [0.15, 0.2) is 5.76 Å². The number of hydrogen-bond acceptors (Lipinski definition) is 5. The van der Waals surface area contributed by atoms with Crippen LogP contribution in [0.25, 0.3) is 0 Å². The summed E-state index contributed by atoms with van der Waals surface area (Å²) in [6.07, 6.45) is 2.92. The van der Waals surface area contributed by atoms with Gasteiger partial charge in [0.2, 0.25) is 11.8 Å². The molecule has 180 valence electrons. The monoisotopic (exact) mass is 473 g/mol. The number of anilines is 1. The molecule has 2 fully saturated rings. The van der Waals surface area contributed by atoms with Gasteiger partial charge >= 0.3 is 0 Å². The third-order valence-corrected chi connectivity index (χ3v) is 6.48. The number of hydrogen-bond donors (Lipinski definition) is 1. The Morgan fingerprint density at radius 1 is 0.914 bits per heavy atom. The molecule has 8 nitrogen and oxygen atoms in total. The zero-order valence-electron chi connectivity index (χ0n) is 19.3. The van der Waals surface area contributed by atoms with Crippen molar-refractivity contribution < 1.29 is 23.5 Å². The van der Waals surface area contributed by atoms with Crippen molar-refractivity contribution >= 4 is 23.4 Å². The van der Waals surface area contributed by atoms with E-state index in [-0.39, 0.29) is 36.1 Å². The molecular formula is C27H27N3O5. The van der Waals surface area contributed by atoms with Crippen LogP contribution in [0.5, 0.6) is 11.5 Å². The minimum atomic E-state index is -0.238. The Labute approximate surface area is 203 Å². The van der Waals surface area contributed by atoms with Crippen molar-refractivity contribution in [1.82, 2.24) is 10.2 Å². The van der Waals surface area contributed by atoms with Gasteiger partial charge < -0.3 is 24.3 Å². The first-order chi connectivity index (χ1) is 17.1. The van der Waals surface area contributed by atoms with Crippen LogP contribution < -0.4 is 15.0 Å². The molecule has 0 radical (unpaired) electrons. The third-order valence-electron chi connectivity index (χ3n) is 6.48. The Kier molecular flexibility index (Phi) is 6.52. The van der Waals surface area contributed by atoms with Crippen LogP contribution in [0.1, 0.15) is 29.8 Å². The predicted molar refractivity (Wildman–Crippen MR) is 129 cm³/mol. The number of rotatable bonds is 6. The fourth-order valence-electron chi connectivity index (χ4n) is 4.59. The SMILES string of the molecule is O=C(NC1CC(=O)N(c2ccc(Oc3ccccc3)cc2)C1)C1CCN(C(=O)c2ccco2)CC1. The lowest BCUT2D eigenvalue weighted by Crippen LogP contribution is -2.46. The second kappa shape index (κ2) is 10.0. The molecule has 2 aliphatic rings. The summed E-state index contributed by atoms with van der Waals surface area (Å²) in [6, 6.07) is 20.0. The fourth-order valence-corrected chi connectivity index (χ4v) is 4.59. The van der Waals surface area contributed by atoms with Crippen molar-refractivity contribution in [2.75, 3.05) is 24.5 Å². The van der Waals surface area contributed by atoms with Gasteiger partial charge in [0.25, 0.3) is 5.91 Å². The van der Waals surface area contributed by atoms with Crippen LogP contribution in [-0.4, -0.2) is 48.3 Å². The molecule has 0 spiro atoms. The van der Waals surface area contributed by atoms with Gasteiger partial charge in [-0.05, 0) is 61.4 Å².